The van der Waals surface area contributed by atoms with Crippen LogP contribution in [0.5, 0.6) is 5.75 Å². The average Bonchev–Trinajstić information content (AvgIpc) is 3.36. The van der Waals surface area contributed by atoms with Gasteiger partial charge in [-0.15, -0.1) is 0 Å². The molecule has 0 unspecified atom stereocenters. The number of carboxylic acids is 1. The Morgan fingerprint density at radius 1 is 0.657 bits per heavy atom. The quantitative estimate of drug-likeness (QED) is 0.0465. The predicted molar refractivity (Wildman–Crippen MR) is 282 cm³/mol. The van der Waals surface area contributed by atoms with Crippen LogP contribution in [-0.4, -0.2) is 72.5 Å². The number of phenols is 1. The predicted octanol–water partition coefficient (Wildman–Crippen LogP) is 11.0. The number of aromatic carboxylic acids is 1. The van der Waals surface area contributed by atoms with Gasteiger partial charge < -0.3 is 34.6 Å². The van der Waals surface area contributed by atoms with E-state index in [9.17, 15) is 29.4 Å². The van der Waals surface area contributed by atoms with Crippen molar-refractivity contribution in [1.82, 2.24) is 15.2 Å². The van der Waals surface area contributed by atoms with Crippen LogP contribution in [0, 0.1) is 0 Å². The number of hydrogen-bond donors (Lipinski definition) is 4. The van der Waals surface area contributed by atoms with Crippen LogP contribution in [-0.2, 0) is 0 Å². The highest BCUT2D eigenvalue weighted by Gasteiger charge is 2.28. The number of rotatable bonds is 14. The van der Waals surface area contributed by atoms with Crippen molar-refractivity contribution in [3.8, 4) is 50.7 Å². The SMILES string of the molecule is CCN(CC)c1ccc2c(-c3ccc(C(=O)NC4CCC(NC(=O)c5ccc(-c6c7ccc(=O)cc-7oc7cc(O)ccc67)c(C(=O)O)c5)CC4)cc3SSC)c3ccc(=[N+](CC)CC)cc-3oc2c1. The number of nitrogens with one attached hydrogen (secondary N) is 2. The number of hydrogen-bond acceptors (Lipinski definition) is 10. The molecule has 70 heavy (non-hydrogen) atoms. The molecule has 0 bridgehead atoms. The van der Waals surface area contributed by atoms with Crippen LogP contribution >= 0.6 is 21.6 Å². The van der Waals surface area contributed by atoms with Gasteiger partial charge in [-0.3, -0.25) is 14.4 Å². The number of carbonyl (C=O) groups excluding carboxylic acids is 2. The van der Waals surface area contributed by atoms with Gasteiger partial charge in [-0.2, -0.15) is 0 Å². The first kappa shape index (κ1) is 48.0. The second-order valence-electron chi connectivity index (χ2n) is 17.5. The molecule has 3 aliphatic carbocycles. The number of carbonyl (C=O) groups is 3. The number of nitrogens with zero attached hydrogens (tertiary/aromatic N) is 2. The Balaban J connectivity index is 0.926. The van der Waals surface area contributed by atoms with Gasteiger partial charge in [0.05, 0.1) is 11.6 Å². The summed E-state index contributed by atoms with van der Waals surface area (Å²) in [5.74, 6) is -0.813. The first-order valence-corrected chi connectivity index (χ1v) is 26.3. The van der Waals surface area contributed by atoms with Crippen molar-refractivity contribution in [2.75, 3.05) is 37.3 Å². The smallest absolute Gasteiger partial charge is 0.336 e. The van der Waals surface area contributed by atoms with Gasteiger partial charge in [0, 0.05) is 104 Å². The normalized spacial score (nSPS) is 14.8. The fourth-order valence-electron chi connectivity index (χ4n) is 9.91. The number of amides is 2. The molecule has 4 aromatic carbocycles. The molecule has 2 amide bonds. The lowest BCUT2D eigenvalue weighted by Gasteiger charge is -2.30. The molecule has 12 nitrogen and oxygen atoms in total. The molecule has 4 aromatic rings. The van der Waals surface area contributed by atoms with E-state index in [1.807, 2.05) is 18.4 Å². The summed E-state index contributed by atoms with van der Waals surface area (Å²) in [5, 5.41) is 29.6. The molecule has 0 spiro atoms. The highest BCUT2D eigenvalue weighted by molar-refractivity contribution is 8.76. The van der Waals surface area contributed by atoms with Gasteiger partial charge in [-0.05, 0) is 137 Å². The summed E-state index contributed by atoms with van der Waals surface area (Å²) < 4.78 is 15.0. The van der Waals surface area contributed by atoms with E-state index >= 15 is 0 Å². The Hall–Kier alpha value is -7.03. The van der Waals surface area contributed by atoms with E-state index in [0.29, 0.717) is 53.3 Å². The molecule has 4 N–H and O–H groups in total. The first-order chi connectivity index (χ1) is 33.9. The van der Waals surface area contributed by atoms with Crippen molar-refractivity contribution in [3.63, 3.8) is 0 Å². The van der Waals surface area contributed by atoms with E-state index < -0.39 is 11.9 Å². The van der Waals surface area contributed by atoms with Crippen LogP contribution < -0.4 is 30.9 Å². The minimum absolute atomic E-state index is 0.0512. The molecular formula is C56H55N4O8S2+. The van der Waals surface area contributed by atoms with Gasteiger partial charge in [-0.1, -0.05) is 33.7 Å². The van der Waals surface area contributed by atoms with Crippen molar-refractivity contribution in [1.29, 1.82) is 0 Å². The first-order valence-electron chi connectivity index (χ1n) is 23.8. The minimum atomic E-state index is -1.23. The molecule has 5 aliphatic rings. The van der Waals surface area contributed by atoms with Gasteiger partial charge >= 0.3 is 5.97 Å². The van der Waals surface area contributed by atoms with Crippen LogP contribution in [0.15, 0.2) is 128 Å². The van der Waals surface area contributed by atoms with E-state index in [1.165, 1.54) is 30.3 Å². The number of phenolic OH excluding ortho intramolecular Hbond substituents is 1. The molecule has 0 atom stereocenters. The minimum Gasteiger partial charge on any atom is -0.508 e. The second-order valence-corrected chi connectivity index (χ2v) is 20.0. The molecule has 2 aliphatic heterocycles. The molecule has 358 valence electrons. The van der Waals surface area contributed by atoms with Crippen LogP contribution in [0.25, 0.3) is 66.8 Å². The zero-order valence-corrected chi connectivity index (χ0v) is 41.4. The molecule has 2 heterocycles. The summed E-state index contributed by atoms with van der Waals surface area (Å²) in [4.78, 5) is 56.0. The van der Waals surface area contributed by atoms with Gasteiger partial charge in [0.2, 0.25) is 5.36 Å². The lowest BCUT2D eigenvalue weighted by Crippen LogP contribution is -2.43. The lowest BCUT2D eigenvalue weighted by molar-refractivity contribution is 0.0697. The van der Waals surface area contributed by atoms with Crippen LogP contribution in [0.3, 0.4) is 0 Å². The summed E-state index contributed by atoms with van der Waals surface area (Å²) >= 11 is 0. The third kappa shape index (κ3) is 9.49. The van der Waals surface area contributed by atoms with Crippen molar-refractivity contribution >= 4 is 67.0 Å². The fourth-order valence-corrected chi connectivity index (χ4v) is 11.5. The summed E-state index contributed by atoms with van der Waals surface area (Å²) in [7, 11) is 3.25. The Morgan fingerprint density at radius 2 is 1.21 bits per heavy atom. The topological polar surface area (TPSA) is 165 Å². The summed E-state index contributed by atoms with van der Waals surface area (Å²) in [6, 6.07) is 31.9. The summed E-state index contributed by atoms with van der Waals surface area (Å²) in [6.45, 7) is 12.1. The molecule has 14 heteroatoms. The zero-order chi connectivity index (χ0) is 49.2. The van der Waals surface area contributed by atoms with Crippen LogP contribution in [0.2, 0.25) is 0 Å². The number of benzene rings is 6. The summed E-state index contributed by atoms with van der Waals surface area (Å²) in [6.07, 6.45) is 4.58. The van der Waals surface area contributed by atoms with E-state index in [1.54, 1.807) is 45.9 Å². The van der Waals surface area contributed by atoms with E-state index in [0.717, 1.165) is 75.5 Å². The maximum absolute atomic E-state index is 14.0. The van der Waals surface area contributed by atoms with Gasteiger partial charge in [0.15, 0.2) is 5.43 Å². The number of aromatic hydroxyl groups is 1. The Labute approximate surface area is 413 Å². The zero-order valence-electron chi connectivity index (χ0n) is 39.8. The Bertz CT molecular complexity index is 3380. The second kappa shape index (κ2) is 20.5. The molecular weight excluding hydrogens is 921 g/mol. The lowest BCUT2D eigenvalue weighted by atomic mass is 9.89. The van der Waals surface area contributed by atoms with Gasteiger partial charge in [0.25, 0.3) is 11.8 Å². The molecule has 0 aromatic heterocycles. The van der Waals surface area contributed by atoms with Crippen molar-refractivity contribution in [2.24, 2.45) is 0 Å². The van der Waals surface area contributed by atoms with Gasteiger partial charge in [0.1, 0.15) is 41.5 Å². The third-order valence-corrected chi connectivity index (χ3v) is 15.2. The molecule has 1 saturated carbocycles. The van der Waals surface area contributed by atoms with Crippen LogP contribution in [0.4, 0.5) is 5.69 Å². The van der Waals surface area contributed by atoms with Crippen molar-refractivity contribution in [3.05, 3.63) is 141 Å². The maximum Gasteiger partial charge on any atom is 0.336 e. The average molecular weight is 976 g/mol. The van der Waals surface area contributed by atoms with E-state index in [-0.39, 0.29) is 51.6 Å². The third-order valence-electron chi connectivity index (χ3n) is 13.5. The number of fused-ring (bicyclic) bond motifs is 4. The highest BCUT2D eigenvalue weighted by Crippen LogP contribution is 2.47. The van der Waals surface area contributed by atoms with Crippen LogP contribution in [0.1, 0.15) is 84.5 Å². The molecule has 0 saturated heterocycles. The van der Waals surface area contributed by atoms with Crippen molar-refractivity contribution in [2.45, 2.75) is 70.4 Å². The highest BCUT2D eigenvalue weighted by atomic mass is 33.1. The molecule has 0 radical (unpaired) electrons. The van der Waals surface area contributed by atoms with E-state index in [4.69, 9.17) is 8.83 Å². The molecule has 9 rings (SSSR count). The van der Waals surface area contributed by atoms with Crippen molar-refractivity contribution < 1.29 is 33.4 Å². The van der Waals surface area contributed by atoms with Gasteiger partial charge in [-0.25, -0.2) is 9.37 Å². The largest absolute Gasteiger partial charge is 0.508 e. The maximum atomic E-state index is 14.0. The Morgan fingerprint density at radius 3 is 1.83 bits per heavy atom. The number of carboxylic acid groups (broad SMARTS) is 1. The monoisotopic (exact) mass is 975 g/mol. The number of anilines is 1. The fraction of sp³-hybridized carbons (Fsp3) is 0.268. The van der Waals surface area contributed by atoms with E-state index in [2.05, 4.69) is 90.3 Å². The summed E-state index contributed by atoms with van der Waals surface area (Å²) in [5.41, 5.74) is 6.95. The Kier molecular flexibility index (Phi) is 14.1. The molecule has 1 fully saturated rings. The standard InChI is InChI=1S/C56H54N4O8S2/c1-6-59(7-2)36-16-22-41-47(28-36)67-48-29-37(60(8-3)9-4)17-23-42(48)53(41)45-21-11-33(27-51(45)70-69-5)55(64)58-35-14-12-34(13-15-35)57-54(63)32-10-20-40(46(26-32)56(65)66)52-43-24-18-38(61)30-49(43)68-50-31-39(62)19-25-44(50)52/h10-11,16-31,34-35H,6-9,12-15H2,1-5H3,(H3-,57,58,61,62,63,64,65,66)/p+1.